The Hall–Kier alpha value is -2.24. The lowest BCUT2D eigenvalue weighted by atomic mass is 10.1. The highest BCUT2D eigenvalue weighted by Gasteiger charge is 2.36. The second-order valence-electron chi connectivity index (χ2n) is 5.89. The summed E-state index contributed by atoms with van der Waals surface area (Å²) < 4.78 is 10.6. The molecular weight excluding hydrogens is 284 g/mol. The highest BCUT2D eigenvalue weighted by Crippen LogP contribution is 2.36. The van der Waals surface area contributed by atoms with Crippen LogP contribution < -0.4 is 14.4 Å². The zero-order valence-corrected chi connectivity index (χ0v) is 13.0. The summed E-state index contributed by atoms with van der Waals surface area (Å²) in [4.78, 5) is 28.2. The standard InChI is InChI=1S/C16H20N2O4/c1-10(2)15(19)17-6-7-18(16(20)11(17)3)12-4-5-13-14(8-12)22-9-21-13/h4-5,8,10-11H,6-7,9H2,1-3H3. The molecule has 1 unspecified atom stereocenters. The maximum Gasteiger partial charge on any atom is 0.249 e. The highest BCUT2D eigenvalue weighted by molar-refractivity contribution is 6.00. The average molecular weight is 304 g/mol. The lowest BCUT2D eigenvalue weighted by Gasteiger charge is -2.39. The monoisotopic (exact) mass is 304 g/mol. The topological polar surface area (TPSA) is 59.1 Å². The van der Waals surface area contributed by atoms with Gasteiger partial charge in [0.05, 0.1) is 0 Å². The molecule has 1 fully saturated rings. The van der Waals surface area contributed by atoms with Crippen molar-refractivity contribution in [3.8, 4) is 11.5 Å². The lowest BCUT2D eigenvalue weighted by molar-refractivity contribution is -0.143. The van der Waals surface area contributed by atoms with E-state index in [2.05, 4.69) is 0 Å². The fraction of sp³-hybridized carbons (Fsp3) is 0.500. The third-order valence-corrected chi connectivity index (χ3v) is 4.10. The summed E-state index contributed by atoms with van der Waals surface area (Å²) in [7, 11) is 0. The fourth-order valence-corrected chi connectivity index (χ4v) is 2.81. The fourth-order valence-electron chi connectivity index (χ4n) is 2.81. The first-order valence-corrected chi connectivity index (χ1v) is 7.50. The molecule has 118 valence electrons. The molecule has 6 heteroatoms. The van der Waals surface area contributed by atoms with Gasteiger partial charge >= 0.3 is 0 Å². The van der Waals surface area contributed by atoms with Crippen molar-refractivity contribution in [2.75, 3.05) is 24.8 Å². The Balaban J connectivity index is 1.80. The van der Waals surface area contributed by atoms with Crippen molar-refractivity contribution in [3.63, 3.8) is 0 Å². The van der Waals surface area contributed by atoms with Crippen LogP contribution in [0.25, 0.3) is 0 Å². The van der Waals surface area contributed by atoms with Crippen molar-refractivity contribution >= 4 is 17.5 Å². The zero-order chi connectivity index (χ0) is 15.9. The number of nitrogens with zero attached hydrogens (tertiary/aromatic N) is 2. The molecule has 2 aliphatic rings. The molecule has 0 spiro atoms. The van der Waals surface area contributed by atoms with E-state index in [0.29, 0.717) is 24.6 Å². The molecule has 6 nitrogen and oxygen atoms in total. The average Bonchev–Trinajstić information content (AvgIpc) is 2.96. The minimum Gasteiger partial charge on any atom is -0.454 e. The van der Waals surface area contributed by atoms with Crippen LogP contribution in [0.15, 0.2) is 18.2 Å². The van der Waals surface area contributed by atoms with E-state index in [1.54, 1.807) is 22.8 Å². The van der Waals surface area contributed by atoms with Crippen LogP contribution in [-0.4, -0.2) is 42.6 Å². The van der Waals surface area contributed by atoms with Crippen molar-refractivity contribution in [2.24, 2.45) is 5.92 Å². The van der Waals surface area contributed by atoms with Crippen LogP contribution in [0.4, 0.5) is 5.69 Å². The number of anilines is 1. The molecule has 2 amide bonds. The number of piperazine rings is 1. The predicted octanol–water partition coefficient (Wildman–Crippen LogP) is 1.64. The van der Waals surface area contributed by atoms with Crippen LogP contribution in [0.3, 0.4) is 0 Å². The molecular formula is C16H20N2O4. The van der Waals surface area contributed by atoms with Gasteiger partial charge in [-0.2, -0.15) is 0 Å². The molecule has 0 aliphatic carbocycles. The summed E-state index contributed by atoms with van der Waals surface area (Å²) in [6, 6.07) is 5.01. The highest BCUT2D eigenvalue weighted by atomic mass is 16.7. The summed E-state index contributed by atoms with van der Waals surface area (Å²) in [6.07, 6.45) is 0. The summed E-state index contributed by atoms with van der Waals surface area (Å²) >= 11 is 0. The quantitative estimate of drug-likeness (QED) is 0.833. The van der Waals surface area contributed by atoms with E-state index < -0.39 is 6.04 Å². The van der Waals surface area contributed by atoms with Gasteiger partial charge in [-0.05, 0) is 19.1 Å². The molecule has 0 radical (unpaired) electrons. The smallest absolute Gasteiger partial charge is 0.249 e. The van der Waals surface area contributed by atoms with Gasteiger partial charge in [-0.1, -0.05) is 13.8 Å². The first-order chi connectivity index (χ1) is 10.5. The summed E-state index contributed by atoms with van der Waals surface area (Å²) in [5, 5.41) is 0. The molecule has 0 N–H and O–H groups in total. The Bertz CT molecular complexity index is 614. The van der Waals surface area contributed by atoms with Crippen molar-refractivity contribution in [1.29, 1.82) is 0 Å². The molecule has 2 heterocycles. The first kappa shape index (κ1) is 14.7. The third-order valence-electron chi connectivity index (χ3n) is 4.10. The largest absolute Gasteiger partial charge is 0.454 e. The zero-order valence-electron chi connectivity index (χ0n) is 13.0. The molecule has 3 rings (SSSR count). The molecule has 1 atom stereocenters. The number of rotatable bonds is 2. The molecule has 1 aromatic rings. The van der Waals surface area contributed by atoms with E-state index in [9.17, 15) is 9.59 Å². The van der Waals surface area contributed by atoms with Crippen LogP contribution in [0.2, 0.25) is 0 Å². The number of fused-ring (bicyclic) bond motifs is 1. The first-order valence-electron chi connectivity index (χ1n) is 7.50. The molecule has 0 saturated carbocycles. The molecule has 1 aromatic carbocycles. The number of amides is 2. The number of carbonyl (C=O) groups excluding carboxylic acids is 2. The van der Waals surface area contributed by atoms with E-state index in [4.69, 9.17) is 9.47 Å². The van der Waals surface area contributed by atoms with Crippen LogP contribution in [0, 0.1) is 5.92 Å². The van der Waals surface area contributed by atoms with Gasteiger partial charge in [0.2, 0.25) is 18.6 Å². The van der Waals surface area contributed by atoms with E-state index in [1.807, 2.05) is 26.0 Å². The maximum atomic E-state index is 12.6. The Morgan fingerprint density at radius 3 is 2.68 bits per heavy atom. The van der Waals surface area contributed by atoms with E-state index >= 15 is 0 Å². The molecule has 0 bridgehead atoms. The van der Waals surface area contributed by atoms with Gasteiger partial charge in [-0.3, -0.25) is 9.59 Å². The van der Waals surface area contributed by atoms with E-state index in [1.165, 1.54) is 0 Å². The van der Waals surface area contributed by atoms with E-state index in [0.717, 1.165) is 5.69 Å². The van der Waals surface area contributed by atoms with Gasteiger partial charge in [0.25, 0.3) is 0 Å². The van der Waals surface area contributed by atoms with Gasteiger partial charge in [0, 0.05) is 30.8 Å². The van der Waals surface area contributed by atoms with Crippen LogP contribution in [0.1, 0.15) is 20.8 Å². The van der Waals surface area contributed by atoms with Crippen LogP contribution in [-0.2, 0) is 9.59 Å². The van der Waals surface area contributed by atoms with Gasteiger partial charge in [-0.25, -0.2) is 0 Å². The number of benzene rings is 1. The Morgan fingerprint density at radius 1 is 1.23 bits per heavy atom. The number of ether oxygens (including phenoxy) is 2. The molecule has 1 saturated heterocycles. The van der Waals surface area contributed by atoms with Crippen molar-refractivity contribution < 1.29 is 19.1 Å². The second-order valence-corrected chi connectivity index (χ2v) is 5.89. The van der Waals surface area contributed by atoms with Crippen LogP contribution in [0.5, 0.6) is 11.5 Å². The van der Waals surface area contributed by atoms with Crippen molar-refractivity contribution in [1.82, 2.24) is 4.90 Å². The van der Waals surface area contributed by atoms with Gasteiger partial charge in [0.1, 0.15) is 6.04 Å². The number of hydrogen-bond donors (Lipinski definition) is 0. The molecule has 2 aliphatic heterocycles. The summed E-state index contributed by atoms with van der Waals surface area (Å²) in [5.41, 5.74) is 0.776. The second kappa shape index (κ2) is 5.51. The predicted molar refractivity (Wildman–Crippen MR) is 80.9 cm³/mol. The van der Waals surface area contributed by atoms with Gasteiger partial charge < -0.3 is 19.3 Å². The van der Waals surface area contributed by atoms with Gasteiger partial charge in [-0.15, -0.1) is 0 Å². The summed E-state index contributed by atoms with van der Waals surface area (Å²) in [6.45, 7) is 6.72. The minimum absolute atomic E-state index is 0.0196. The number of hydrogen-bond acceptors (Lipinski definition) is 4. The Morgan fingerprint density at radius 2 is 1.95 bits per heavy atom. The van der Waals surface area contributed by atoms with Crippen molar-refractivity contribution in [2.45, 2.75) is 26.8 Å². The normalized spacial score (nSPS) is 20.7. The Kier molecular flexibility index (Phi) is 3.68. The summed E-state index contributed by atoms with van der Waals surface area (Å²) in [5.74, 6) is 1.19. The van der Waals surface area contributed by atoms with Crippen LogP contribution >= 0.6 is 0 Å². The minimum atomic E-state index is -0.450. The molecule has 22 heavy (non-hydrogen) atoms. The maximum absolute atomic E-state index is 12.6. The Labute approximate surface area is 129 Å². The SMILES string of the molecule is CC(C)C(=O)N1CCN(c2ccc3c(c2)OCO3)C(=O)C1C. The van der Waals surface area contributed by atoms with Gasteiger partial charge in [0.15, 0.2) is 11.5 Å². The van der Waals surface area contributed by atoms with Crippen molar-refractivity contribution in [3.05, 3.63) is 18.2 Å². The van der Waals surface area contributed by atoms with E-state index in [-0.39, 0.29) is 24.5 Å². The lowest BCUT2D eigenvalue weighted by Crippen LogP contribution is -2.58. The number of carbonyl (C=O) groups is 2. The molecule has 0 aromatic heterocycles. The third kappa shape index (κ3) is 2.38.